The van der Waals surface area contributed by atoms with E-state index < -0.39 is 18.3 Å². The van der Waals surface area contributed by atoms with Crippen molar-refractivity contribution >= 4 is 35.4 Å². The van der Waals surface area contributed by atoms with Crippen LogP contribution in [-0.2, 0) is 9.59 Å². The molecule has 3 aliphatic heterocycles. The first-order valence-electron chi connectivity index (χ1n) is 9.56. The standard InChI is InChI=1S/C18H19F2N7O2/c19-12-1-3-25(8-12)17-23-15-11(5-10-6-14(28)22-16(10)29)7-21-27(15)18(24-17)26-4-2-13(20)9-26/h5,7,12-13H,1-4,6,8-9H2,(H,22,28,29)/b10-5+. The van der Waals surface area contributed by atoms with Crippen LogP contribution in [0.25, 0.3) is 11.7 Å². The lowest BCUT2D eigenvalue weighted by Crippen LogP contribution is -2.28. The van der Waals surface area contributed by atoms with Crippen molar-refractivity contribution in [2.75, 3.05) is 36.0 Å². The van der Waals surface area contributed by atoms with Gasteiger partial charge in [0.25, 0.3) is 5.91 Å². The maximum Gasteiger partial charge on any atom is 0.254 e. The Hall–Kier alpha value is -3.11. The van der Waals surface area contributed by atoms with E-state index >= 15 is 0 Å². The Balaban J connectivity index is 1.62. The number of carbonyl (C=O) groups excluding carboxylic acids is 2. The summed E-state index contributed by atoms with van der Waals surface area (Å²) in [4.78, 5) is 36.0. The molecule has 1 N–H and O–H groups in total. The van der Waals surface area contributed by atoms with Crippen molar-refractivity contribution in [1.82, 2.24) is 24.9 Å². The fourth-order valence-corrected chi connectivity index (χ4v) is 3.92. The zero-order chi connectivity index (χ0) is 20.1. The van der Waals surface area contributed by atoms with Crippen LogP contribution in [0.1, 0.15) is 24.8 Å². The van der Waals surface area contributed by atoms with Crippen molar-refractivity contribution in [2.24, 2.45) is 0 Å². The lowest BCUT2D eigenvalue weighted by molar-refractivity contribution is -0.124. The smallest absolute Gasteiger partial charge is 0.254 e. The number of fused-ring (bicyclic) bond motifs is 1. The lowest BCUT2D eigenvalue weighted by Gasteiger charge is -2.21. The van der Waals surface area contributed by atoms with Crippen LogP contribution in [0.15, 0.2) is 11.8 Å². The average molecular weight is 403 g/mol. The minimum atomic E-state index is -0.948. The Morgan fingerprint density at radius 2 is 1.79 bits per heavy atom. The second kappa shape index (κ2) is 6.75. The van der Waals surface area contributed by atoms with Crippen molar-refractivity contribution in [3.05, 3.63) is 17.3 Å². The van der Waals surface area contributed by atoms with E-state index in [0.29, 0.717) is 54.6 Å². The van der Waals surface area contributed by atoms with Crippen LogP contribution < -0.4 is 15.1 Å². The van der Waals surface area contributed by atoms with Crippen molar-refractivity contribution < 1.29 is 18.4 Å². The van der Waals surface area contributed by atoms with E-state index in [1.807, 2.05) is 0 Å². The molecule has 2 aromatic heterocycles. The number of alkyl halides is 2. The molecule has 11 heteroatoms. The van der Waals surface area contributed by atoms with Crippen LogP contribution in [0.2, 0.25) is 0 Å². The Bertz CT molecular complexity index is 1040. The molecular formula is C18H19F2N7O2. The second-order valence-electron chi connectivity index (χ2n) is 7.55. The molecule has 5 rings (SSSR count). The van der Waals surface area contributed by atoms with Gasteiger partial charge in [0.2, 0.25) is 17.8 Å². The molecular weight excluding hydrogens is 384 g/mol. The van der Waals surface area contributed by atoms with Gasteiger partial charge in [-0.05, 0) is 18.9 Å². The molecule has 0 bridgehead atoms. The van der Waals surface area contributed by atoms with E-state index in [1.54, 1.807) is 15.9 Å². The van der Waals surface area contributed by atoms with Gasteiger partial charge in [-0.1, -0.05) is 0 Å². The zero-order valence-corrected chi connectivity index (χ0v) is 15.5. The first-order valence-corrected chi connectivity index (χ1v) is 9.56. The minimum Gasteiger partial charge on any atom is -0.338 e. The monoisotopic (exact) mass is 403 g/mol. The third-order valence-corrected chi connectivity index (χ3v) is 5.42. The number of amides is 2. The lowest BCUT2D eigenvalue weighted by atomic mass is 10.1. The predicted octanol–water partition coefficient (Wildman–Crippen LogP) is 0.651. The highest BCUT2D eigenvalue weighted by atomic mass is 19.1. The summed E-state index contributed by atoms with van der Waals surface area (Å²) in [5.41, 5.74) is 1.29. The SMILES string of the molecule is O=C1C/C(=C\c2cnn3c(N4CCC(F)C4)nc(N4CCC(F)C4)nc23)C(=O)N1. The Kier molecular flexibility index (Phi) is 4.18. The van der Waals surface area contributed by atoms with Crippen LogP contribution in [-0.4, -0.2) is 69.9 Å². The number of nitrogens with zero attached hydrogens (tertiary/aromatic N) is 6. The number of rotatable bonds is 3. The molecule has 0 aliphatic carbocycles. The molecule has 29 heavy (non-hydrogen) atoms. The third kappa shape index (κ3) is 3.19. The molecule has 2 atom stereocenters. The molecule has 5 heterocycles. The van der Waals surface area contributed by atoms with E-state index in [2.05, 4.69) is 20.4 Å². The summed E-state index contributed by atoms with van der Waals surface area (Å²) in [7, 11) is 0. The summed E-state index contributed by atoms with van der Waals surface area (Å²) in [5, 5.41) is 6.57. The number of imide groups is 1. The van der Waals surface area contributed by atoms with Crippen LogP contribution in [0.5, 0.6) is 0 Å². The number of aromatic nitrogens is 4. The summed E-state index contributed by atoms with van der Waals surface area (Å²) in [6.45, 7) is 1.38. The summed E-state index contributed by atoms with van der Waals surface area (Å²) >= 11 is 0. The maximum atomic E-state index is 13.8. The number of anilines is 2. The predicted molar refractivity (Wildman–Crippen MR) is 100.0 cm³/mol. The summed E-state index contributed by atoms with van der Waals surface area (Å²) in [5.74, 6) is -0.0135. The van der Waals surface area contributed by atoms with Gasteiger partial charge >= 0.3 is 0 Å². The average Bonchev–Trinajstić information content (AvgIpc) is 3.45. The van der Waals surface area contributed by atoms with Crippen LogP contribution in [0, 0.1) is 0 Å². The van der Waals surface area contributed by atoms with Crippen LogP contribution in [0.3, 0.4) is 0 Å². The Morgan fingerprint density at radius 1 is 1.07 bits per heavy atom. The summed E-state index contributed by atoms with van der Waals surface area (Å²) in [6, 6.07) is 0. The fraction of sp³-hybridized carbons (Fsp3) is 0.500. The molecule has 2 unspecified atom stereocenters. The van der Waals surface area contributed by atoms with Gasteiger partial charge in [-0.3, -0.25) is 14.9 Å². The van der Waals surface area contributed by atoms with Crippen LogP contribution >= 0.6 is 0 Å². The van der Waals surface area contributed by atoms with Gasteiger partial charge in [0, 0.05) is 24.2 Å². The molecule has 0 spiro atoms. The van der Waals surface area contributed by atoms with Gasteiger partial charge in [0.1, 0.15) is 12.3 Å². The van der Waals surface area contributed by atoms with E-state index in [-0.39, 0.29) is 25.4 Å². The van der Waals surface area contributed by atoms with Crippen molar-refractivity contribution in [3.63, 3.8) is 0 Å². The Labute approximate surface area is 164 Å². The van der Waals surface area contributed by atoms with Gasteiger partial charge in [-0.15, -0.1) is 0 Å². The molecule has 2 aromatic rings. The first kappa shape index (κ1) is 18.0. The molecule has 0 radical (unpaired) electrons. The van der Waals surface area contributed by atoms with Gasteiger partial charge < -0.3 is 9.80 Å². The minimum absolute atomic E-state index is 0.00766. The molecule has 152 valence electrons. The zero-order valence-electron chi connectivity index (χ0n) is 15.5. The molecule has 9 nitrogen and oxygen atoms in total. The van der Waals surface area contributed by atoms with Gasteiger partial charge in [-0.25, -0.2) is 8.78 Å². The van der Waals surface area contributed by atoms with E-state index in [4.69, 9.17) is 0 Å². The third-order valence-electron chi connectivity index (χ3n) is 5.42. The van der Waals surface area contributed by atoms with Crippen molar-refractivity contribution in [3.8, 4) is 0 Å². The van der Waals surface area contributed by atoms with Crippen molar-refractivity contribution in [2.45, 2.75) is 31.6 Å². The normalized spacial score (nSPS) is 26.3. The van der Waals surface area contributed by atoms with Gasteiger partial charge in [-0.2, -0.15) is 19.6 Å². The molecule has 3 fully saturated rings. The molecule has 0 saturated carbocycles. The van der Waals surface area contributed by atoms with E-state index in [1.165, 1.54) is 10.7 Å². The Morgan fingerprint density at radius 3 is 2.41 bits per heavy atom. The fourth-order valence-electron chi connectivity index (χ4n) is 3.92. The molecule has 2 amide bonds. The van der Waals surface area contributed by atoms with Crippen molar-refractivity contribution in [1.29, 1.82) is 0 Å². The molecule has 3 saturated heterocycles. The van der Waals surface area contributed by atoms with E-state index in [9.17, 15) is 18.4 Å². The number of nitrogens with one attached hydrogen (secondary N) is 1. The molecule has 3 aliphatic rings. The maximum absolute atomic E-state index is 13.8. The second-order valence-corrected chi connectivity index (χ2v) is 7.55. The van der Waals surface area contributed by atoms with Gasteiger partial charge in [0.05, 0.1) is 25.7 Å². The number of halogens is 2. The largest absolute Gasteiger partial charge is 0.338 e. The quantitative estimate of drug-likeness (QED) is 0.594. The summed E-state index contributed by atoms with van der Waals surface area (Å²) < 4.78 is 29.0. The number of hydrogen-bond donors (Lipinski definition) is 1. The summed E-state index contributed by atoms with van der Waals surface area (Å²) in [6.07, 6.45) is 2.01. The van der Waals surface area contributed by atoms with E-state index in [0.717, 1.165) is 0 Å². The molecule has 0 aromatic carbocycles. The highest BCUT2D eigenvalue weighted by Crippen LogP contribution is 2.27. The first-order chi connectivity index (χ1) is 14.0. The number of hydrogen-bond acceptors (Lipinski definition) is 7. The van der Waals surface area contributed by atoms with Gasteiger partial charge in [0.15, 0.2) is 5.65 Å². The highest BCUT2D eigenvalue weighted by molar-refractivity contribution is 6.15. The highest BCUT2D eigenvalue weighted by Gasteiger charge is 2.30. The number of carbonyl (C=O) groups is 2. The topological polar surface area (TPSA) is 95.7 Å². The van der Waals surface area contributed by atoms with Crippen LogP contribution in [0.4, 0.5) is 20.7 Å².